The number of phosphoric ester groups is 1. The van der Waals surface area contributed by atoms with Gasteiger partial charge in [-0.3, -0.25) is 9.36 Å². The smallest absolute Gasteiger partial charge is 0.268 e. The minimum atomic E-state index is -4.56. The van der Waals surface area contributed by atoms with E-state index in [-0.39, 0.29) is 19.1 Å². The number of hydrogen-bond acceptors (Lipinski definition) is 6. The number of unbranched alkanes of at least 4 members (excludes halogenated alkanes) is 18. The Morgan fingerprint density at radius 3 is 1.73 bits per heavy atom. The van der Waals surface area contributed by atoms with Crippen molar-refractivity contribution in [3.8, 4) is 0 Å². The molecule has 3 unspecified atom stereocenters. The number of nitrogens with zero attached hydrogens (tertiary/aromatic N) is 1. The third-order valence-electron chi connectivity index (χ3n) is 8.59. The molecule has 0 aromatic heterocycles. The number of likely N-dealkylation sites (N-methyl/N-ethyl adjacent to an activating group) is 1. The average Bonchev–Trinajstić information content (AvgIpc) is 3.04. The summed E-state index contributed by atoms with van der Waals surface area (Å²) in [7, 11) is 1.25. The van der Waals surface area contributed by atoms with Crippen molar-refractivity contribution < 1.29 is 32.9 Å². The van der Waals surface area contributed by atoms with E-state index in [1.165, 1.54) is 96.3 Å². The zero-order chi connectivity index (χ0) is 36.5. The van der Waals surface area contributed by atoms with Gasteiger partial charge in [0.1, 0.15) is 13.2 Å². The van der Waals surface area contributed by atoms with Gasteiger partial charge in [0.05, 0.1) is 39.9 Å². The van der Waals surface area contributed by atoms with Crippen molar-refractivity contribution in [2.24, 2.45) is 0 Å². The number of phosphoric acid groups is 1. The standard InChI is InChI=1S/C40H77N2O6P/c1-6-8-10-12-13-14-15-16-17-18-19-20-21-22-23-24-25-26-27-28-29-30-32-34-40(44)41-38(39(43)33-31-11-9-7-2)37-48-49(45,46)47-36-35-42(3,4)5/h15-16,18-19,31,33,38-39,43H,6-14,17,20-30,32,34-37H2,1-5H3,(H-,41,44,45,46)/b16-15-,19-18-,33-31+. The van der Waals surface area contributed by atoms with E-state index in [9.17, 15) is 19.4 Å². The molecule has 8 nitrogen and oxygen atoms in total. The number of carbonyl (C=O) groups excluding carboxylic acids is 1. The summed E-state index contributed by atoms with van der Waals surface area (Å²) in [6, 6.07) is -0.881. The van der Waals surface area contributed by atoms with Crippen LogP contribution in [0, 0.1) is 0 Å². The lowest BCUT2D eigenvalue weighted by atomic mass is 10.0. The average molecular weight is 713 g/mol. The second kappa shape index (κ2) is 32.6. The number of rotatable bonds is 35. The van der Waals surface area contributed by atoms with Crippen molar-refractivity contribution in [3.63, 3.8) is 0 Å². The molecule has 0 bridgehead atoms. The molecule has 0 heterocycles. The number of aliphatic hydroxyl groups is 1. The Morgan fingerprint density at radius 1 is 0.714 bits per heavy atom. The lowest BCUT2D eigenvalue weighted by molar-refractivity contribution is -0.870. The SMILES string of the molecule is CCCC/C=C/C(O)C(COP(=O)([O-])OCC[N+](C)(C)C)NC(=O)CCCCCCCCCCCCC/C=C\C/C=C\CCCCCCC. The van der Waals surface area contributed by atoms with Gasteiger partial charge in [0.2, 0.25) is 5.91 Å². The predicted octanol–water partition coefficient (Wildman–Crippen LogP) is 9.72. The summed E-state index contributed by atoms with van der Waals surface area (Å²) in [5, 5.41) is 13.5. The zero-order valence-corrected chi connectivity index (χ0v) is 33.3. The topological polar surface area (TPSA) is 108 Å². The fourth-order valence-electron chi connectivity index (χ4n) is 5.34. The summed E-state index contributed by atoms with van der Waals surface area (Å²) in [5.74, 6) is -0.211. The fraction of sp³-hybridized carbons (Fsp3) is 0.825. The molecule has 288 valence electrons. The minimum Gasteiger partial charge on any atom is -0.756 e. The molecule has 49 heavy (non-hydrogen) atoms. The molecule has 0 fully saturated rings. The van der Waals surface area contributed by atoms with Crippen LogP contribution in [0.3, 0.4) is 0 Å². The number of aliphatic hydroxyl groups excluding tert-OH is 1. The van der Waals surface area contributed by atoms with Gasteiger partial charge < -0.3 is 28.8 Å². The van der Waals surface area contributed by atoms with Crippen LogP contribution in [0.15, 0.2) is 36.5 Å². The minimum absolute atomic E-state index is 0.00321. The van der Waals surface area contributed by atoms with Gasteiger partial charge in [-0.05, 0) is 44.9 Å². The van der Waals surface area contributed by atoms with Crippen LogP contribution in [0.4, 0.5) is 0 Å². The van der Waals surface area contributed by atoms with Crippen molar-refractivity contribution in [2.45, 2.75) is 174 Å². The van der Waals surface area contributed by atoms with Crippen LogP contribution in [0.5, 0.6) is 0 Å². The molecule has 0 aromatic carbocycles. The molecular weight excluding hydrogens is 635 g/mol. The van der Waals surface area contributed by atoms with Crippen LogP contribution in [-0.4, -0.2) is 68.5 Å². The maximum atomic E-state index is 12.7. The first-order valence-corrected chi connectivity index (χ1v) is 21.3. The fourth-order valence-corrected chi connectivity index (χ4v) is 6.07. The van der Waals surface area contributed by atoms with E-state index in [4.69, 9.17) is 9.05 Å². The lowest BCUT2D eigenvalue weighted by Crippen LogP contribution is -2.45. The number of hydrogen-bond donors (Lipinski definition) is 2. The van der Waals surface area contributed by atoms with Crippen LogP contribution in [0.25, 0.3) is 0 Å². The van der Waals surface area contributed by atoms with E-state index in [2.05, 4.69) is 43.5 Å². The third-order valence-corrected chi connectivity index (χ3v) is 9.56. The van der Waals surface area contributed by atoms with E-state index in [1.807, 2.05) is 27.2 Å². The van der Waals surface area contributed by atoms with Gasteiger partial charge in [-0.1, -0.05) is 147 Å². The first-order chi connectivity index (χ1) is 23.5. The summed E-state index contributed by atoms with van der Waals surface area (Å²) in [6.45, 7) is 4.46. The molecule has 0 aliphatic rings. The maximum absolute atomic E-state index is 12.7. The number of amides is 1. The van der Waals surface area contributed by atoms with Crippen LogP contribution in [-0.2, 0) is 18.4 Å². The normalized spacial score (nSPS) is 15.0. The van der Waals surface area contributed by atoms with Gasteiger partial charge >= 0.3 is 0 Å². The van der Waals surface area contributed by atoms with Crippen LogP contribution in [0.1, 0.15) is 162 Å². The van der Waals surface area contributed by atoms with Gasteiger partial charge in [-0.2, -0.15) is 0 Å². The molecule has 0 spiro atoms. The molecular formula is C40H77N2O6P. The monoisotopic (exact) mass is 713 g/mol. The van der Waals surface area contributed by atoms with Crippen molar-refractivity contribution in [3.05, 3.63) is 36.5 Å². The highest BCUT2D eigenvalue weighted by atomic mass is 31.2. The molecule has 0 saturated carbocycles. The third kappa shape index (κ3) is 34.9. The molecule has 0 aliphatic heterocycles. The number of carbonyl (C=O) groups is 1. The highest BCUT2D eigenvalue weighted by molar-refractivity contribution is 7.45. The molecule has 0 aliphatic carbocycles. The van der Waals surface area contributed by atoms with Crippen LogP contribution < -0.4 is 10.2 Å². The quantitative estimate of drug-likeness (QED) is 0.0293. The summed E-state index contributed by atoms with van der Waals surface area (Å²) >= 11 is 0. The number of nitrogens with one attached hydrogen (secondary N) is 1. The van der Waals surface area contributed by atoms with Crippen LogP contribution >= 0.6 is 7.82 Å². The van der Waals surface area contributed by atoms with Crippen LogP contribution in [0.2, 0.25) is 0 Å². The van der Waals surface area contributed by atoms with E-state index >= 15 is 0 Å². The second-order valence-corrected chi connectivity index (χ2v) is 16.0. The highest BCUT2D eigenvalue weighted by Crippen LogP contribution is 2.38. The van der Waals surface area contributed by atoms with E-state index in [1.54, 1.807) is 6.08 Å². The lowest BCUT2D eigenvalue weighted by Gasteiger charge is -2.29. The second-order valence-electron chi connectivity index (χ2n) is 14.6. The Kier molecular flexibility index (Phi) is 31.8. The van der Waals surface area contributed by atoms with Gasteiger partial charge in [0.25, 0.3) is 7.82 Å². The van der Waals surface area contributed by atoms with Gasteiger partial charge in [-0.15, -0.1) is 0 Å². The summed E-state index contributed by atoms with van der Waals surface area (Å²) < 4.78 is 22.9. The Hall–Kier alpha value is -1.28. The zero-order valence-electron chi connectivity index (χ0n) is 32.4. The van der Waals surface area contributed by atoms with E-state index in [0.717, 1.165) is 44.9 Å². The molecule has 9 heteroatoms. The van der Waals surface area contributed by atoms with Crippen molar-refractivity contribution in [1.29, 1.82) is 0 Å². The summed E-state index contributed by atoms with van der Waals surface area (Å²) in [6.07, 6.45) is 38.3. The number of quaternary nitrogens is 1. The van der Waals surface area contributed by atoms with E-state index < -0.39 is 20.0 Å². The largest absolute Gasteiger partial charge is 0.756 e. The molecule has 0 radical (unpaired) electrons. The molecule has 0 aromatic rings. The predicted molar refractivity (Wildman–Crippen MR) is 205 cm³/mol. The molecule has 2 N–H and O–H groups in total. The van der Waals surface area contributed by atoms with Gasteiger partial charge in [-0.25, -0.2) is 0 Å². The molecule has 0 saturated heterocycles. The molecule has 3 atom stereocenters. The number of allylic oxidation sites excluding steroid dienone is 5. The maximum Gasteiger partial charge on any atom is 0.268 e. The Bertz CT molecular complexity index is 902. The first-order valence-electron chi connectivity index (χ1n) is 19.9. The first kappa shape index (κ1) is 47.7. The van der Waals surface area contributed by atoms with Gasteiger partial charge in [0.15, 0.2) is 0 Å². The Balaban J connectivity index is 4.04. The van der Waals surface area contributed by atoms with Crippen molar-refractivity contribution in [1.82, 2.24) is 5.32 Å². The Morgan fingerprint density at radius 2 is 1.20 bits per heavy atom. The molecule has 1 amide bonds. The van der Waals surface area contributed by atoms with Gasteiger partial charge in [0, 0.05) is 6.42 Å². The molecule has 0 rings (SSSR count). The van der Waals surface area contributed by atoms with Crippen molar-refractivity contribution in [2.75, 3.05) is 40.9 Å². The Labute approximate surface area is 302 Å². The summed E-state index contributed by atoms with van der Waals surface area (Å²) in [4.78, 5) is 24.9. The highest BCUT2D eigenvalue weighted by Gasteiger charge is 2.23. The summed E-state index contributed by atoms with van der Waals surface area (Å²) in [5.41, 5.74) is 0. The van der Waals surface area contributed by atoms with Crippen molar-refractivity contribution >= 4 is 13.7 Å². The van der Waals surface area contributed by atoms with E-state index in [0.29, 0.717) is 17.4 Å².